The molecule has 0 spiro atoms. The predicted molar refractivity (Wildman–Crippen MR) is 146 cm³/mol. The fourth-order valence-corrected chi connectivity index (χ4v) is 6.39. The minimum Gasteiger partial charge on any atom is -0.308 e. The van der Waals surface area contributed by atoms with Crippen LogP contribution in [0, 0.1) is 0 Å². The predicted octanol–water partition coefficient (Wildman–Crippen LogP) is 9.29. The van der Waals surface area contributed by atoms with Crippen LogP contribution in [0.3, 0.4) is 0 Å². The summed E-state index contributed by atoms with van der Waals surface area (Å²) in [5.74, 6) is 0. The van der Waals surface area contributed by atoms with Crippen LogP contribution in [0.15, 0.2) is 84.7 Å². The number of nitrogens with zero attached hydrogens (tertiary/aromatic N) is 2. The molecule has 0 saturated carbocycles. The Kier molecular flexibility index (Phi) is 2.02. The van der Waals surface area contributed by atoms with E-state index < -0.39 is 0 Å². The second kappa shape index (κ2) is 5.67. The van der Waals surface area contributed by atoms with Crippen LogP contribution in [0.1, 0.15) is 11.0 Å². The number of halogens is 2. The van der Waals surface area contributed by atoms with Gasteiger partial charge in [0, 0.05) is 43.1 Å². The Labute approximate surface area is 214 Å². The molecule has 0 amide bonds. The van der Waals surface area contributed by atoms with Gasteiger partial charge in [0.25, 0.3) is 0 Å². The Balaban J connectivity index is 1.61. The highest BCUT2D eigenvalue weighted by atomic mass is 35.5. The van der Waals surface area contributed by atoms with Crippen LogP contribution in [0.2, 0.25) is 10.0 Å². The minimum atomic E-state index is -0.324. The maximum atomic E-state index is 8.81. The van der Waals surface area contributed by atoms with Crippen molar-refractivity contribution in [1.82, 2.24) is 8.80 Å². The van der Waals surface area contributed by atoms with E-state index in [0.717, 1.165) is 32.6 Å². The molecule has 158 valence electrons. The smallest absolute Gasteiger partial charge is 0.0645 e. The molecule has 4 aromatic heterocycles. The molecule has 5 aromatic carbocycles. The third-order valence-corrected chi connectivity index (χ3v) is 7.79. The molecule has 0 radical (unpaired) electrons. The minimum absolute atomic E-state index is 0.144. The summed E-state index contributed by atoms with van der Waals surface area (Å²) < 4.78 is 72.1. The number of benzene rings is 5. The first-order chi connectivity index (χ1) is 20.0. The highest BCUT2D eigenvalue weighted by Gasteiger charge is 2.23. The zero-order valence-electron chi connectivity index (χ0n) is 25.1. The summed E-state index contributed by atoms with van der Waals surface area (Å²) in [5.41, 5.74) is 3.56. The third-order valence-electron chi connectivity index (χ3n) is 7.16. The van der Waals surface area contributed by atoms with Gasteiger partial charge < -0.3 is 8.80 Å². The fraction of sp³-hybridized carbons (Fsp3) is 0. The number of hydrogen-bond donors (Lipinski definition) is 0. The first-order valence-electron chi connectivity index (χ1n) is 14.7. The zero-order valence-corrected chi connectivity index (χ0v) is 18.6. The molecule has 4 heteroatoms. The standard InChI is InChI=1S/C30H14Cl2N2/c31-21-11-9-15-19-14-26-20(13-25(19)33-23-7-3-1-5-17(23)27(21)29(15)33)16-10-12-22(32)28-18-6-2-4-8-24(18)34(26)30(16)28/h1-14H/i1D,2D,3D,4D,5D,6D,7D,8D. The van der Waals surface area contributed by atoms with E-state index in [4.69, 9.17) is 34.2 Å². The van der Waals surface area contributed by atoms with Crippen molar-refractivity contribution in [3.63, 3.8) is 0 Å². The van der Waals surface area contributed by atoms with Crippen LogP contribution in [-0.4, -0.2) is 8.80 Å². The molecular formula is C30H14Cl2N2. The molecule has 4 heterocycles. The van der Waals surface area contributed by atoms with Crippen LogP contribution in [0.4, 0.5) is 0 Å². The number of fused-ring (bicyclic) bond motifs is 12. The molecule has 0 N–H and O–H groups in total. The van der Waals surface area contributed by atoms with Crippen LogP contribution < -0.4 is 0 Å². The molecule has 0 fully saturated rings. The lowest BCUT2D eigenvalue weighted by atomic mass is 10.0. The van der Waals surface area contributed by atoms with Crippen molar-refractivity contribution in [1.29, 1.82) is 0 Å². The van der Waals surface area contributed by atoms with Crippen LogP contribution >= 0.6 is 23.2 Å². The largest absolute Gasteiger partial charge is 0.308 e. The first-order valence-corrected chi connectivity index (χ1v) is 11.5. The van der Waals surface area contributed by atoms with Crippen molar-refractivity contribution < 1.29 is 11.0 Å². The molecule has 9 aromatic rings. The fourth-order valence-electron chi connectivity index (χ4n) is 5.90. The lowest BCUT2D eigenvalue weighted by Gasteiger charge is -2.01. The van der Waals surface area contributed by atoms with Crippen molar-refractivity contribution in [3.8, 4) is 0 Å². The number of hydrogen-bond acceptors (Lipinski definition) is 0. The van der Waals surface area contributed by atoms with Crippen molar-refractivity contribution in [3.05, 3.63) is 94.8 Å². The Hall–Kier alpha value is -3.72. The third kappa shape index (κ3) is 1.80. The summed E-state index contributed by atoms with van der Waals surface area (Å²) in [4.78, 5) is 0. The summed E-state index contributed by atoms with van der Waals surface area (Å²) in [6.07, 6.45) is 0. The lowest BCUT2D eigenvalue weighted by Crippen LogP contribution is -1.82. The van der Waals surface area contributed by atoms with Gasteiger partial charge in [0.1, 0.15) is 0 Å². The van der Waals surface area contributed by atoms with Gasteiger partial charge in [0.15, 0.2) is 0 Å². The van der Waals surface area contributed by atoms with Crippen LogP contribution in [0.25, 0.3) is 76.2 Å². The van der Waals surface area contributed by atoms with Crippen LogP contribution in [0.5, 0.6) is 0 Å². The van der Waals surface area contributed by atoms with Crippen molar-refractivity contribution >= 4 is 99.4 Å². The van der Waals surface area contributed by atoms with Crippen molar-refractivity contribution in [2.24, 2.45) is 0 Å². The Bertz CT molecular complexity index is 2560. The number of aromatic nitrogens is 2. The molecule has 0 atom stereocenters. The monoisotopic (exact) mass is 480 g/mol. The molecule has 2 nitrogen and oxygen atoms in total. The average molecular weight is 481 g/mol. The second-order valence-electron chi connectivity index (χ2n) is 8.64. The van der Waals surface area contributed by atoms with Gasteiger partial charge in [0.05, 0.1) is 54.1 Å². The number of rotatable bonds is 0. The summed E-state index contributed by atoms with van der Waals surface area (Å²) in [5, 5.41) is 5.88. The molecule has 34 heavy (non-hydrogen) atoms. The van der Waals surface area contributed by atoms with Gasteiger partial charge in [-0.1, -0.05) is 71.6 Å². The molecule has 0 bridgehead atoms. The molecule has 0 aliphatic heterocycles. The summed E-state index contributed by atoms with van der Waals surface area (Å²) in [7, 11) is 0. The van der Waals surface area contributed by atoms with Gasteiger partial charge in [-0.05, 0) is 36.4 Å². The highest BCUT2D eigenvalue weighted by molar-refractivity contribution is 6.42. The Morgan fingerprint density at radius 1 is 0.500 bits per heavy atom. The average Bonchev–Trinajstić information content (AvgIpc) is 3.69. The van der Waals surface area contributed by atoms with E-state index >= 15 is 0 Å². The first kappa shape index (κ1) is 12.1. The molecule has 0 unspecified atom stereocenters. The van der Waals surface area contributed by atoms with E-state index in [0.29, 0.717) is 53.7 Å². The highest BCUT2D eigenvalue weighted by Crippen LogP contribution is 2.46. The topological polar surface area (TPSA) is 8.82 Å². The Morgan fingerprint density at radius 3 is 1.41 bits per heavy atom. The normalized spacial score (nSPS) is 16.3. The maximum absolute atomic E-state index is 8.81. The summed E-state index contributed by atoms with van der Waals surface area (Å²) in [6.45, 7) is 0. The summed E-state index contributed by atoms with van der Waals surface area (Å²) in [6, 6.07) is 9.31. The zero-order chi connectivity index (χ0) is 29.3. The van der Waals surface area contributed by atoms with E-state index in [1.807, 2.05) is 33.1 Å². The van der Waals surface area contributed by atoms with E-state index in [1.54, 1.807) is 12.1 Å². The van der Waals surface area contributed by atoms with E-state index in [2.05, 4.69) is 0 Å². The van der Waals surface area contributed by atoms with Gasteiger partial charge in [-0.2, -0.15) is 0 Å². The molecule has 0 aliphatic carbocycles. The van der Waals surface area contributed by atoms with Crippen molar-refractivity contribution in [2.45, 2.75) is 0 Å². The van der Waals surface area contributed by atoms with Crippen molar-refractivity contribution in [2.75, 3.05) is 0 Å². The maximum Gasteiger partial charge on any atom is 0.0645 e. The van der Waals surface area contributed by atoms with E-state index in [1.165, 1.54) is 0 Å². The second-order valence-corrected chi connectivity index (χ2v) is 9.46. The Morgan fingerprint density at radius 2 is 0.941 bits per heavy atom. The van der Waals surface area contributed by atoms with Gasteiger partial charge in [-0.3, -0.25) is 0 Å². The number of para-hydroxylation sites is 2. The SMILES string of the molecule is [2H]c1c([2H])c([2H])c2c(c1[2H])c1c(Cl)ccc3c4cc5c(cc4n2c31)c1ccc(Cl)c2c3c([2H])c([2H])c([2H])c([2H])c3n5c12. The van der Waals surface area contributed by atoms with Crippen LogP contribution in [-0.2, 0) is 0 Å². The van der Waals surface area contributed by atoms with Gasteiger partial charge >= 0.3 is 0 Å². The molecule has 0 saturated heterocycles. The van der Waals surface area contributed by atoms with Gasteiger partial charge in [-0.15, -0.1) is 0 Å². The van der Waals surface area contributed by atoms with Gasteiger partial charge in [-0.25, -0.2) is 0 Å². The molecule has 9 rings (SSSR count). The summed E-state index contributed by atoms with van der Waals surface area (Å²) >= 11 is 13.4. The lowest BCUT2D eigenvalue weighted by molar-refractivity contribution is 1.36. The van der Waals surface area contributed by atoms with E-state index in [9.17, 15) is 0 Å². The van der Waals surface area contributed by atoms with Gasteiger partial charge in [0.2, 0.25) is 0 Å². The quantitative estimate of drug-likeness (QED) is 0.204. The molecule has 0 aliphatic rings. The van der Waals surface area contributed by atoms with E-state index in [-0.39, 0.29) is 48.3 Å². The molecular weight excluding hydrogens is 459 g/mol.